The van der Waals surface area contributed by atoms with Crippen LogP contribution in [0.3, 0.4) is 0 Å². The molecule has 0 atom stereocenters. The number of rotatable bonds is 3. The lowest BCUT2D eigenvalue weighted by molar-refractivity contribution is 0.0948. The van der Waals surface area contributed by atoms with Crippen LogP contribution in [0.4, 0.5) is 5.69 Å². The molecule has 0 bridgehead atoms. The number of aryl methyl sites for hydroxylation is 1. The fourth-order valence-corrected chi connectivity index (χ4v) is 1.80. The van der Waals surface area contributed by atoms with Gasteiger partial charge in [-0.2, -0.15) is 0 Å². The summed E-state index contributed by atoms with van der Waals surface area (Å²) in [4.78, 5) is 11.9. The van der Waals surface area contributed by atoms with Crippen LogP contribution in [0.25, 0.3) is 0 Å². The Morgan fingerprint density at radius 2 is 2.00 bits per heavy atom. The number of nitrogens with two attached hydrogens (primary N) is 1. The van der Waals surface area contributed by atoms with Crippen molar-refractivity contribution in [1.29, 1.82) is 0 Å². The highest BCUT2D eigenvalue weighted by Gasteiger charge is 2.10. The topological polar surface area (TPSA) is 75.4 Å². The minimum absolute atomic E-state index is 0.0152. The smallest absolute Gasteiger partial charge is 0.255 e. The molecule has 0 aliphatic rings. The number of hydrogen-bond donors (Lipinski definition) is 3. The van der Waals surface area contributed by atoms with Gasteiger partial charge in [0.1, 0.15) is 5.75 Å². The number of nitrogens with one attached hydrogen (secondary N) is 1. The molecule has 0 heterocycles. The van der Waals surface area contributed by atoms with Gasteiger partial charge < -0.3 is 16.2 Å². The van der Waals surface area contributed by atoms with E-state index in [0.29, 0.717) is 12.2 Å². The van der Waals surface area contributed by atoms with Gasteiger partial charge in [-0.05, 0) is 36.2 Å². The van der Waals surface area contributed by atoms with E-state index in [1.165, 1.54) is 0 Å². The Hall–Kier alpha value is -2.49. The molecule has 0 aromatic heterocycles. The molecule has 19 heavy (non-hydrogen) atoms. The molecule has 4 N–H and O–H groups in total. The van der Waals surface area contributed by atoms with Gasteiger partial charge in [-0.3, -0.25) is 4.79 Å². The third-order valence-electron chi connectivity index (χ3n) is 2.89. The van der Waals surface area contributed by atoms with Crippen molar-refractivity contribution in [2.75, 3.05) is 5.73 Å². The van der Waals surface area contributed by atoms with Crippen LogP contribution < -0.4 is 11.1 Å². The van der Waals surface area contributed by atoms with E-state index in [-0.39, 0.29) is 17.2 Å². The minimum atomic E-state index is -0.319. The van der Waals surface area contributed by atoms with Crippen LogP contribution in [-0.2, 0) is 6.54 Å². The number of amides is 1. The zero-order valence-electron chi connectivity index (χ0n) is 10.7. The summed E-state index contributed by atoms with van der Waals surface area (Å²) in [6, 6.07) is 12.3. The number of benzene rings is 2. The number of carbonyl (C=O) groups is 1. The van der Waals surface area contributed by atoms with E-state index >= 15 is 0 Å². The van der Waals surface area contributed by atoms with Gasteiger partial charge in [-0.1, -0.05) is 24.3 Å². The van der Waals surface area contributed by atoms with Gasteiger partial charge in [-0.25, -0.2) is 0 Å². The molecule has 2 aromatic rings. The summed E-state index contributed by atoms with van der Waals surface area (Å²) in [5, 5.41) is 12.5. The van der Waals surface area contributed by atoms with Crippen molar-refractivity contribution in [1.82, 2.24) is 5.32 Å². The van der Waals surface area contributed by atoms with Crippen LogP contribution in [0.15, 0.2) is 42.5 Å². The molecule has 1 amide bonds. The van der Waals surface area contributed by atoms with Gasteiger partial charge in [0, 0.05) is 12.2 Å². The molecule has 0 saturated carbocycles. The standard InChI is InChI=1S/C15H16N2O2/c1-10-6-7-12(14(18)8-10)15(19)17-9-11-4-2-3-5-13(11)16/h2-8,18H,9,16H2,1H3,(H,17,19). The number of nitrogen functional groups attached to an aromatic ring is 1. The number of phenolic OH excluding ortho intramolecular Hbond substituents is 1. The van der Waals surface area contributed by atoms with E-state index in [2.05, 4.69) is 5.32 Å². The van der Waals surface area contributed by atoms with Crippen molar-refractivity contribution < 1.29 is 9.90 Å². The van der Waals surface area contributed by atoms with Crippen molar-refractivity contribution >= 4 is 11.6 Å². The molecule has 0 aliphatic carbocycles. The highest BCUT2D eigenvalue weighted by Crippen LogP contribution is 2.18. The molecule has 0 saturated heterocycles. The van der Waals surface area contributed by atoms with Crippen molar-refractivity contribution in [3.8, 4) is 5.75 Å². The second-order valence-electron chi connectivity index (χ2n) is 4.40. The first kappa shape index (κ1) is 13.0. The Morgan fingerprint density at radius 3 is 2.68 bits per heavy atom. The Bertz CT molecular complexity index is 609. The average Bonchev–Trinajstić information content (AvgIpc) is 2.37. The van der Waals surface area contributed by atoms with Crippen LogP contribution in [0.2, 0.25) is 0 Å². The summed E-state index contributed by atoms with van der Waals surface area (Å²) < 4.78 is 0. The molecule has 98 valence electrons. The number of carbonyl (C=O) groups excluding carboxylic acids is 1. The second kappa shape index (κ2) is 5.44. The number of aromatic hydroxyl groups is 1. The van der Waals surface area contributed by atoms with Crippen LogP contribution in [0, 0.1) is 6.92 Å². The monoisotopic (exact) mass is 256 g/mol. The first-order valence-corrected chi connectivity index (χ1v) is 5.99. The predicted molar refractivity (Wildman–Crippen MR) is 74.9 cm³/mol. The van der Waals surface area contributed by atoms with E-state index in [1.54, 1.807) is 24.3 Å². The minimum Gasteiger partial charge on any atom is -0.507 e. The lowest BCUT2D eigenvalue weighted by atomic mass is 10.1. The quantitative estimate of drug-likeness (QED) is 0.737. The Morgan fingerprint density at radius 1 is 1.26 bits per heavy atom. The highest BCUT2D eigenvalue weighted by atomic mass is 16.3. The van der Waals surface area contributed by atoms with Crippen LogP contribution >= 0.6 is 0 Å². The highest BCUT2D eigenvalue weighted by molar-refractivity contribution is 5.96. The molecule has 0 radical (unpaired) electrons. The maximum absolute atomic E-state index is 11.9. The molecule has 2 rings (SSSR count). The second-order valence-corrected chi connectivity index (χ2v) is 4.40. The molecule has 4 nitrogen and oxygen atoms in total. The normalized spacial score (nSPS) is 10.2. The van der Waals surface area contributed by atoms with Crippen LogP contribution in [0.1, 0.15) is 21.5 Å². The Balaban J connectivity index is 2.08. The molecular formula is C15H16N2O2. The third-order valence-corrected chi connectivity index (χ3v) is 2.89. The summed E-state index contributed by atoms with van der Waals surface area (Å²) in [5.41, 5.74) is 8.45. The van der Waals surface area contributed by atoms with E-state index in [0.717, 1.165) is 11.1 Å². The average molecular weight is 256 g/mol. The maximum atomic E-state index is 11.9. The maximum Gasteiger partial charge on any atom is 0.255 e. The first-order valence-electron chi connectivity index (χ1n) is 5.99. The van der Waals surface area contributed by atoms with E-state index < -0.39 is 0 Å². The van der Waals surface area contributed by atoms with Crippen molar-refractivity contribution in [3.63, 3.8) is 0 Å². The van der Waals surface area contributed by atoms with Gasteiger partial charge in [0.2, 0.25) is 0 Å². The van der Waals surface area contributed by atoms with Gasteiger partial charge in [0.25, 0.3) is 5.91 Å². The molecule has 0 aliphatic heterocycles. The molecule has 2 aromatic carbocycles. The molecule has 0 fully saturated rings. The summed E-state index contributed by atoms with van der Waals surface area (Å²) in [7, 11) is 0. The van der Waals surface area contributed by atoms with Gasteiger partial charge in [0.15, 0.2) is 0 Å². The zero-order valence-corrected chi connectivity index (χ0v) is 10.7. The van der Waals surface area contributed by atoms with E-state index in [9.17, 15) is 9.90 Å². The number of hydrogen-bond acceptors (Lipinski definition) is 3. The van der Waals surface area contributed by atoms with Crippen LogP contribution in [-0.4, -0.2) is 11.0 Å². The number of phenols is 1. The summed E-state index contributed by atoms with van der Waals surface area (Å²) in [6.45, 7) is 2.19. The summed E-state index contributed by atoms with van der Waals surface area (Å²) in [6.07, 6.45) is 0. The summed E-state index contributed by atoms with van der Waals surface area (Å²) in [5.74, 6) is -0.334. The lowest BCUT2D eigenvalue weighted by Crippen LogP contribution is -2.23. The van der Waals surface area contributed by atoms with Crippen molar-refractivity contribution in [2.45, 2.75) is 13.5 Å². The van der Waals surface area contributed by atoms with E-state index in [4.69, 9.17) is 5.73 Å². The van der Waals surface area contributed by atoms with Gasteiger partial charge >= 0.3 is 0 Å². The first-order chi connectivity index (χ1) is 9.08. The largest absolute Gasteiger partial charge is 0.507 e. The van der Waals surface area contributed by atoms with Crippen molar-refractivity contribution in [3.05, 3.63) is 59.2 Å². The third kappa shape index (κ3) is 3.04. The van der Waals surface area contributed by atoms with Crippen LogP contribution in [0.5, 0.6) is 5.75 Å². The van der Waals surface area contributed by atoms with Gasteiger partial charge in [-0.15, -0.1) is 0 Å². The fourth-order valence-electron chi connectivity index (χ4n) is 1.80. The Labute approximate surface area is 111 Å². The van der Waals surface area contributed by atoms with Crippen molar-refractivity contribution in [2.24, 2.45) is 0 Å². The SMILES string of the molecule is Cc1ccc(C(=O)NCc2ccccc2N)c(O)c1. The van der Waals surface area contributed by atoms with E-state index in [1.807, 2.05) is 25.1 Å². The lowest BCUT2D eigenvalue weighted by Gasteiger charge is -2.09. The number of anilines is 1. The fraction of sp³-hybridized carbons (Fsp3) is 0.133. The Kier molecular flexibility index (Phi) is 3.71. The molecular weight excluding hydrogens is 240 g/mol. The van der Waals surface area contributed by atoms with Gasteiger partial charge in [0.05, 0.1) is 5.56 Å². The zero-order chi connectivity index (χ0) is 13.8. The molecule has 4 heteroatoms. The summed E-state index contributed by atoms with van der Waals surface area (Å²) >= 11 is 0. The number of para-hydroxylation sites is 1. The molecule has 0 unspecified atom stereocenters. The predicted octanol–water partition coefficient (Wildman–Crippen LogP) is 2.21. The molecule has 0 spiro atoms.